The van der Waals surface area contributed by atoms with E-state index in [2.05, 4.69) is 49.7 Å². The van der Waals surface area contributed by atoms with Crippen molar-refractivity contribution in [3.63, 3.8) is 0 Å². The molecule has 0 aliphatic heterocycles. The van der Waals surface area contributed by atoms with Crippen molar-refractivity contribution in [2.45, 2.75) is 73.0 Å². The standard InChI is InChI=1S/C15H27N3/c1-11-14(10-16-13-6-7-13)12(2)18(17-11)9-8-15(3,4)5/h13,16H,6-10H2,1-5H3. The van der Waals surface area contributed by atoms with Crippen molar-refractivity contribution in [2.24, 2.45) is 5.41 Å². The molecule has 1 aromatic heterocycles. The molecular weight excluding hydrogens is 222 g/mol. The first kappa shape index (κ1) is 13.6. The van der Waals surface area contributed by atoms with E-state index >= 15 is 0 Å². The summed E-state index contributed by atoms with van der Waals surface area (Å²) in [5, 5.41) is 8.28. The minimum absolute atomic E-state index is 0.374. The summed E-state index contributed by atoms with van der Waals surface area (Å²) in [6.07, 6.45) is 3.86. The van der Waals surface area contributed by atoms with Crippen LogP contribution in [-0.2, 0) is 13.1 Å². The largest absolute Gasteiger partial charge is 0.310 e. The second-order valence-electron chi connectivity index (χ2n) is 6.84. The Labute approximate surface area is 111 Å². The number of nitrogens with one attached hydrogen (secondary N) is 1. The van der Waals surface area contributed by atoms with Crippen molar-refractivity contribution >= 4 is 0 Å². The van der Waals surface area contributed by atoms with Crippen molar-refractivity contribution in [3.8, 4) is 0 Å². The summed E-state index contributed by atoms with van der Waals surface area (Å²) in [5.41, 5.74) is 4.30. The molecule has 18 heavy (non-hydrogen) atoms. The third-order valence-corrected chi connectivity index (χ3v) is 3.75. The average molecular weight is 249 g/mol. The minimum atomic E-state index is 0.374. The van der Waals surface area contributed by atoms with Gasteiger partial charge in [0.25, 0.3) is 0 Å². The van der Waals surface area contributed by atoms with Gasteiger partial charge >= 0.3 is 0 Å². The van der Waals surface area contributed by atoms with E-state index in [1.807, 2.05) is 0 Å². The maximum Gasteiger partial charge on any atom is 0.0641 e. The van der Waals surface area contributed by atoms with E-state index in [9.17, 15) is 0 Å². The van der Waals surface area contributed by atoms with Crippen LogP contribution < -0.4 is 5.32 Å². The van der Waals surface area contributed by atoms with E-state index in [-0.39, 0.29) is 0 Å². The highest BCUT2D eigenvalue weighted by Gasteiger charge is 2.22. The Bertz CT molecular complexity index is 408. The zero-order valence-electron chi connectivity index (χ0n) is 12.5. The predicted octanol–water partition coefficient (Wildman–Crippen LogP) is 3.19. The van der Waals surface area contributed by atoms with Gasteiger partial charge in [0, 0.05) is 30.4 Å². The fourth-order valence-electron chi connectivity index (χ4n) is 2.18. The lowest BCUT2D eigenvalue weighted by atomic mass is 9.92. The fourth-order valence-corrected chi connectivity index (χ4v) is 2.18. The highest BCUT2D eigenvalue weighted by Crippen LogP contribution is 2.23. The highest BCUT2D eigenvalue weighted by atomic mass is 15.3. The van der Waals surface area contributed by atoms with Gasteiger partial charge in [-0.3, -0.25) is 4.68 Å². The van der Waals surface area contributed by atoms with E-state index in [1.165, 1.54) is 36.2 Å². The van der Waals surface area contributed by atoms with Crippen LogP contribution in [0.2, 0.25) is 0 Å². The van der Waals surface area contributed by atoms with Crippen LogP contribution in [0.4, 0.5) is 0 Å². The molecule has 0 bridgehead atoms. The molecule has 1 N–H and O–H groups in total. The van der Waals surface area contributed by atoms with Crippen LogP contribution in [0.3, 0.4) is 0 Å². The van der Waals surface area contributed by atoms with Gasteiger partial charge in [0.05, 0.1) is 5.69 Å². The van der Waals surface area contributed by atoms with Crippen molar-refractivity contribution in [1.82, 2.24) is 15.1 Å². The maximum absolute atomic E-state index is 4.69. The molecule has 1 heterocycles. The third kappa shape index (κ3) is 3.58. The van der Waals surface area contributed by atoms with Crippen LogP contribution in [0, 0.1) is 19.3 Å². The van der Waals surface area contributed by atoms with E-state index in [1.54, 1.807) is 0 Å². The van der Waals surface area contributed by atoms with Crippen LogP contribution in [0.5, 0.6) is 0 Å². The van der Waals surface area contributed by atoms with Crippen molar-refractivity contribution in [1.29, 1.82) is 0 Å². The Morgan fingerprint density at radius 2 is 1.94 bits per heavy atom. The fraction of sp³-hybridized carbons (Fsp3) is 0.800. The molecule has 0 aromatic carbocycles. The molecule has 1 aliphatic rings. The molecule has 0 unspecified atom stereocenters. The Hall–Kier alpha value is -0.830. The monoisotopic (exact) mass is 249 g/mol. The Morgan fingerprint density at radius 3 is 2.50 bits per heavy atom. The SMILES string of the molecule is Cc1nn(CCC(C)(C)C)c(C)c1CNC1CC1. The van der Waals surface area contributed by atoms with Gasteiger partial charge in [-0.05, 0) is 38.5 Å². The molecule has 1 saturated carbocycles. The second-order valence-corrected chi connectivity index (χ2v) is 6.84. The van der Waals surface area contributed by atoms with Crippen LogP contribution in [-0.4, -0.2) is 15.8 Å². The van der Waals surface area contributed by atoms with Crippen LogP contribution in [0.25, 0.3) is 0 Å². The zero-order chi connectivity index (χ0) is 13.3. The normalized spacial score (nSPS) is 16.3. The number of aryl methyl sites for hydroxylation is 2. The van der Waals surface area contributed by atoms with Gasteiger partial charge < -0.3 is 5.32 Å². The van der Waals surface area contributed by atoms with E-state index in [4.69, 9.17) is 0 Å². The lowest BCUT2D eigenvalue weighted by Gasteiger charge is -2.18. The Morgan fingerprint density at radius 1 is 1.28 bits per heavy atom. The van der Waals surface area contributed by atoms with Gasteiger partial charge in [0.1, 0.15) is 0 Å². The quantitative estimate of drug-likeness (QED) is 0.868. The number of rotatable bonds is 5. The number of hydrogen-bond donors (Lipinski definition) is 1. The summed E-state index contributed by atoms with van der Waals surface area (Å²) in [4.78, 5) is 0. The minimum Gasteiger partial charge on any atom is -0.310 e. The van der Waals surface area contributed by atoms with Crippen LogP contribution in [0.1, 0.15) is 57.0 Å². The third-order valence-electron chi connectivity index (χ3n) is 3.75. The van der Waals surface area contributed by atoms with Crippen molar-refractivity contribution in [3.05, 3.63) is 17.0 Å². The summed E-state index contributed by atoms with van der Waals surface area (Å²) in [5.74, 6) is 0. The predicted molar refractivity (Wildman–Crippen MR) is 75.6 cm³/mol. The number of aromatic nitrogens is 2. The van der Waals surface area contributed by atoms with Crippen LogP contribution in [0.15, 0.2) is 0 Å². The molecule has 1 aromatic rings. The molecule has 0 amide bonds. The number of nitrogens with zero attached hydrogens (tertiary/aromatic N) is 2. The molecular formula is C15H27N3. The van der Waals surface area contributed by atoms with Gasteiger partial charge in [-0.2, -0.15) is 5.10 Å². The Balaban J connectivity index is 2.00. The molecule has 0 atom stereocenters. The Kier molecular flexibility index (Phi) is 3.81. The molecule has 0 saturated heterocycles. The molecule has 102 valence electrons. The first-order valence-electron chi connectivity index (χ1n) is 7.13. The summed E-state index contributed by atoms with van der Waals surface area (Å²) in [6.45, 7) is 13.2. The molecule has 2 rings (SSSR count). The summed E-state index contributed by atoms with van der Waals surface area (Å²) < 4.78 is 2.19. The average Bonchev–Trinajstić information content (AvgIpc) is 3.02. The molecule has 0 radical (unpaired) electrons. The first-order chi connectivity index (χ1) is 8.37. The van der Waals surface area contributed by atoms with Gasteiger partial charge in [0.2, 0.25) is 0 Å². The molecule has 3 nitrogen and oxygen atoms in total. The topological polar surface area (TPSA) is 29.9 Å². The van der Waals surface area contributed by atoms with Crippen molar-refractivity contribution < 1.29 is 0 Å². The maximum atomic E-state index is 4.69. The van der Waals surface area contributed by atoms with E-state index in [0.717, 1.165) is 19.1 Å². The molecule has 1 aliphatic carbocycles. The highest BCUT2D eigenvalue weighted by molar-refractivity contribution is 5.24. The lowest BCUT2D eigenvalue weighted by molar-refractivity contribution is 0.338. The van der Waals surface area contributed by atoms with Crippen LogP contribution >= 0.6 is 0 Å². The van der Waals surface area contributed by atoms with Gasteiger partial charge in [0.15, 0.2) is 0 Å². The van der Waals surface area contributed by atoms with Gasteiger partial charge in [-0.15, -0.1) is 0 Å². The first-order valence-corrected chi connectivity index (χ1v) is 7.13. The number of hydrogen-bond acceptors (Lipinski definition) is 2. The van der Waals surface area contributed by atoms with Crippen molar-refractivity contribution in [2.75, 3.05) is 0 Å². The molecule has 1 fully saturated rings. The smallest absolute Gasteiger partial charge is 0.0641 e. The van der Waals surface area contributed by atoms with Gasteiger partial charge in [-0.1, -0.05) is 20.8 Å². The molecule has 3 heteroatoms. The summed E-state index contributed by atoms with van der Waals surface area (Å²) >= 11 is 0. The summed E-state index contributed by atoms with van der Waals surface area (Å²) in [7, 11) is 0. The lowest BCUT2D eigenvalue weighted by Crippen LogP contribution is -2.16. The zero-order valence-corrected chi connectivity index (χ0v) is 12.5. The van der Waals surface area contributed by atoms with E-state index in [0.29, 0.717) is 5.41 Å². The molecule has 0 spiro atoms. The van der Waals surface area contributed by atoms with Gasteiger partial charge in [-0.25, -0.2) is 0 Å². The van der Waals surface area contributed by atoms with E-state index < -0.39 is 0 Å². The summed E-state index contributed by atoms with van der Waals surface area (Å²) in [6, 6.07) is 0.765. The second kappa shape index (κ2) is 5.04.